The van der Waals surface area contributed by atoms with Crippen LogP contribution >= 0.6 is 11.6 Å². The van der Waals surface area contributed by atoms with E-state index in [2.05, 4.69) is 4.74 Å². The molecule has 0 aromatic heterocycles. The minimum atomic E-state index is -4.47. The second-order valence-corrected chi connectivity index (χ2v) is 3.93. The molecular weight excluding hydrogens is 281 g/mol. The van der Waals surface area contributed by atoms with Crippen LogP contribution in [0.25, 0.3) is 0 Å². The largest absolute Gasteiger partial charge is 0.411 e. The summed E-state index contributed by atoms with van der Waals surface area (Å²) in [6.07, 6.45) is -4.47. The lowest BCUT2D eigenvalue weighted by Crippen LogP contribution is -2.23. The second-order valence-electron chi connectivity index (χ2n) is 3.52. The molecule has 0 saturated heterocycles. The average Bonchev–Trinajstić information content (AvgIpc) is 2.21. The van der Waals surface area contributed by atoms with Crippen molar-refractivity contribution in [2.45, 2.75) is 12.2 Å². The summed E-state index contributed by atoms with van der Waals surface area (Å²) in [6, 6.07) is 0.365. The molecule has 0 aliphatic carbocycles. The molecule has 1 aromatic carbocycles. The van der Waals surface area contributed by atoms with Crippen molar-refractivity contribution in [3.63, 3.8) is 0 Å². The minimum absolute atomic E-state index is 0.0160. The zero-order chi connectivity index (χ0) is 13.9. The molecule has 0 spiro atoms. The highest BCUT2D eigenvalue weighted by atomic mass is 35.5. The zero-order valence-electron chi connectivity index (χ0n) is 8.90. The summed E-state index contributed by atoms with van der Waals surface area (Å²) >= 11 is 5.60. The molecule has 0 heterocycles. The van der Waals surface area contributed by atoms with E-state index in [4.69, 9.17) is 17.3 Å². The van der Waals surface area contributed by atoms with Gasteiger partial charge in [-0.15, -0.1) is 0 Å². The zero-order valence-corrected chi connectivity index (χ0v) is 9.66. The summed E-state index contributed by atoms with van der Waals surface area (Å²) in [5.74, 6) is -2.34. The minimum Gasteiger partial charge on any atom is -0.370 e. The fraction of sp³-hybridized carbons (Fsp3) is 0.400. The topological polar surface area (TPSA) is 35.2 Å². The number of ether oxygens (including phenoxy) is 1. The molecule has 2 nitrogen and oxygen atoms in total. The maximum atomic E-state index is 12.9. The van der Waals surface area contributed by atoms with Gasteiger partial charge < -0.3 is 10.5 Å². The van der Waals surface area contributed by atoms with Gasteiger partial charge in [0.05, 0.1) is 12.6 Å². The van der Waals surface area contributed by atoms with E-state index in [0.29, 0.717) is 6.07 Å². The predicted molar refractivity (Wildman–Crippen MR) is 55.2 cm³/mol. The Bertz CT molecular complexity index is 423. The summed E-state index contributed by atoms with van der Waals surface area (Å²) in [5.41, 5.74) is 5.46. The smallest absolute Gasteiger partial charge is 0.370 e. The molecule has 0 saturated carbocycles. The molecule has 0 aliphatic heterocycles. The second kappa shape index (κ2) is 5.81. The van der Waals surface area contributed by atoms with Gasteiger partial charge in [0.2, 0.25) is 0 Å². The van der Waals surface area contributed by atoms with Crippen LogP contribution in [0.3, 0.4) is 0 Å². The summed E-state index contributed by atoms with van der Waals surface area (Å²) in [7, 11) is 0. The lowest BCUT2D eigenvalue weighted by molar-refractivity contribution is -0.174. The normalized spacial score (nSPS) is 13.7. The van der Waals surface area contributed by atoms with Crippen LogP contribution in [0.1, 0.15) is 11.6 Å². The van der Waals surface area contributed by atoms with E-state index >= 15 is 0 Å². The van der Waals surface area contributed by atoms with Crippen molar-refractivity contribution in [1.82, 2.24) is 0 Å². The highest BCUT2D eigenvalue weighted by molar-refractivity contribution is 6.31. The molecule has 0 amide bonds. The Labute approximate surface area is 104 Å². The first-order valence-corrected chi connectivity index (χ1v) is 5.13. The Morgan fingerprint density at radius 2 is 1.78 bits per heavy atom. The van der Waals surface area contributed by atoms with E-state index in [1.54, 1.807) is 0 Å². The molecule has 1 rings (SSSR count). The number of benzene rings is 1. The maximum absolute atomic E-state index is 12.9. The first kappa shape index (κ1) is 15.1. The molecule has 0 fully saturated rings. The van der Waals surface area contributed by atoms with Crippen LogP contribution in [0.4, 0.5) is 22.0 Å². The van der Waals surface area contributed by atoms with E-state index in [-0.39, 0.29) is 10.6 Å². The van der Waals surface area contributed by atoms with Crippen molar-refractivity contribution in [2.24, 2.45) is 5.73 Å². The fourth-order valence-electron chi connectivity index (χ4n) is 1.21. The SMILES string of the molecule is NC(COCC(F)(F)F)c1cc(F)c(F)cc1Cl. The molecule has 102 valence electrons. The van der Waals surface area contributed by atoms with Crippen molar-refractivity contribution in [2.75, 3.05) is 13.2 Å². The van der Waals surface area contributed by atoms with Gasteiger partial charge in [-0.3, -0.25) is 0 Å². The predicted octanol–water partition coefficient (Wildman–Crippen LogP) is 3.20. The van der Waals surface area contributed by atoms with Crippen molar-refractivity contribution in [1.29, 1.82) is 0 Å². The summed E-state index contributed by atoms with van der Waals surface area (Å²) in [6.45, 7) is -1.98. The number of hydrogen-bond donors (Lipinski definition) is 1. The molecule has 1 aromatic rings. The summed E-state index contributed by atoms with van der Waals surface area (Å²) in [4.78, 5) is 0. The monoisotopic (exact) mass is 289 g/mol. The van der Waals surface area contributed by atoms with Crippen LogP contribution in [0, 0.1) is 11.6 Å². The van der Waals surface area contributed by atoms with Gasteiger partial charge in [0.25, 0.3) is 0 Å². The lowest BCUT2D eigenvalue weighted by atomic mass is 10.1. The van der Waals surface area contributed by atoms with Crippen LogP contribution in [-0.4, -0.2) is 19.4 Å². The number of nitrogens with two attached hydrogens (primary N) is 1. The van der Waals surface area contributed by atoms with Crippen molar-refractivity contribution in [3.05, 3.63) is 34.4 Å². The summed E-state index contributed by atoms with van der Waals surface area (Å²) in [5, 5.41) is -0.169. The molecule has 0 bridgehead atoms. The van der Waals surface area contributed by atoms with Gasteiger partial charge in [0, 0.05) is 5.02 Å². The Balaban J connectivity index is 2.67. The van der Waals surface area contributed by atoms with Crippen LogP contribution < -0.4 is 5.73 Å². The van der Waals surface area contributed by atoms with Crippen molar-refractivity contribution in [3.8, 4) is 0 Å². The van der Waals surface area contributed by atoms with Gasteiger partial charge in [-0.25, -0.2) is 8.78 Å². The van der Waals surface area contributed by atoms with Gasteiger partial charge in [0.1, 0.15) is 6.61 Å². The molecule has 18 heavy (non-hydrogen) atoms. The lowest BCUT2D eigenvalue weighted by Gasteiger charge is -2.15. The fourth-order valence-corrected chi connectivity index (χ4v) is 1.50. The van der Waals surface area contributed by atoms with Gasteiger partial charge in [-0.2, -0.15) is 13.2 Å². The molecule has 2 N–H and O–H groups in total. The quantitative estimate of drug-likeness (QED) is 0.682. The molecule has 0 radical (unpaired) electrons. The Morgan fingerprint density at radius 3 is 2.33 bits per heavy atom. The Kier molecular flexibility index (Phi) is 4.89. The number of rotatable bonds is 4. The molecular formula is C10H9ClF5NO. The number of halogens is 6. The third-order valence-corrected chi connectivity index (χ3v) is 2.33. The Morgan fingerprint density at radius 1 is 1.22 bits per heavy atom. The van der Waals surface area contributed by atoms with Crippen LogP contribution in [0.5, 0.6) is 0 Å². The van der Waals surface area contributed by atoms with Gasteiger partial charge >= 0.3 is 6.18 Å². The van der Waals surface area contributed by atoms with E-state index < -0.39 is 37.1 Å². The highest BCUT2D eigenvalue weighted by Crippen LogP contribution is 2.25. The number of alkyl halides is 3. The Hall–Kier alpha value is -0.920. The standard InChI is InChI=1S/C10H9ClF5NO/c11-6-2-8(13)7(12)1-5(6)9(17)3-18-4-10(14,15)16/h1-2,9H,3-4,17H2. The van der Waals surface area contributed by atoms with E-state index in [9.17, 15) is 22.0 Å². The van der Waals surface area contributed by atoms with Crippen molar-refractivity contribution < 1.29 is 26.7 Å². The molecule has 1 atom stereocenters. The van der Waals surface area contributed by atoms with E-state index in [1.165, 1.54) is 0 Å². The van der Waals surface area contributed by atoms with Gasteiger partial charge in [0.15, 0.2) is 11.6 Å². The summed E-state index contributed by atoms with van der Waals surface area (Å²) < 4.78 is 65.4. The van der Waals surface area contributed by atoms with Gasteiger partial charge in [-0.1, -0.05) is 11.6 Å². The third-order valence-electron chi connectivity index (χ3n) is 2.00. The molecule has 8 heteroatoms. The average molecular weight is 290 g/mol. The van der Waals surface area contributed by atoms with Crippen LogP contribution in [0.2, 0.25) is 5.02 Å². The highest BCUT2D eigenvalue weighted by Gasteiger charge is 2.28. The van der Waals surface area contributed by atoms with E-state index in [0.717, 1.165) is 6.07 Å². The molecule has 0 aliphatic rings. The first-order valence-electron chi connectivity index (χ1n) is 4.75. The maximum Gasteiger partial charge on any atom is 0.411 e. The van der Waals surface area contributed by atoms with Crippen LogP contribution in [-0.2, 0) is 4.74 Å². The third kappa shape index (κ3) is 4.40. The van der Waals surface area contributed by atoms with Crippen LogP contribution in [0.15, 0.2) is 12.1 Å². The molecule has 1 unspecified atom stereocenters. The van der Waals surface area contributed by atoms with E-state index in [1.807, 2.05) is 0 Å². The van der Waals surface area contributed by atoms with Crippen molar-refractivity contribution >= 4 is 11.6 Å². The van der Waals surface area contributed by atoms with Gasteiger partial charge in [-0.05, 0) is 17.7 Å². The first-order chi connectivity index (χ1) is 8.20. The number of hydrogen-bond acceptors (Lipinski definition) is 2.